The molecule has 1 aliphatic carbocycles. The van der Waals surface area contributed by atoms with Crippen LogP contribution in [0.15, 0.2) is 24.5 Å². The highest BCUT2D eigenvalue weighted by Gasteiger charge is 2.52. The van der Waals surface area contributed by atoms with E-state index in [2.05, 4.69) is 24.6 Å². The van der Waals surface area contributed by atoms with Crippen LogP contribution in [0.3, 0.4) is 0 Å². The average Bonchev–Trinajstić information content (AvgIpc) is 3.22. The molecule has 1 aromatic heterocycles. The molecule has 1 amide bonds. The molecule has 132 valence electrons. The zero-order chi connectivity index (χ0) is 18.1. The van der Waals surface area contributed by atoms with E-state index in [1.807, 2.05) is 36.3 Å². The van der Waals surface area contributed by atoms with Crippen LogP contribution in [-0.4, -0.2) is 38.0 Å². The summed E-state index contributed by atoms with van der Waals surface area (Å²) in [7, 11) is -3.75. The molecule has 0 aromatic carbocycles. The summed E-state index contributed by atoms with van der Waals surface area (Å²) in [5.41, 5.74) is 1.07. The van der Waals surface area contributed by atoms with Crippen molar-refractivity contribution in [1.82, 2.24) is 9.55 Å². The van der Waals surface area contributed by atoms with E-state index in [1.165, 1.54) is 0 Å². The first-order chi connectivity index (χ1) is 11.0. The van der Waals surface area contributed by atoms with E-state index in [4.69, 9.17) is 4.43 Å². The van der Waals surface area contributed by atoms with Crippen LogP contribution < -0.4 is 0 Å². The summed E-state index contributed by atoms with van der Waals surface area (Å²) in [6, 6.07) is 3.87. The van der Waals surface area contributed by atoms with Crippen molar-refractivity contribution in [3.8, 4) is 0 Å². The Bertz CT molecular complexity index is 609. The van der Waals surface area contributed by atoms with Crippen LogP contribution in [0.1, 0.15) is 12.0 Å². The number of nitrogens with zero attached hydrogens (tertiary/aromatic N) is 2. The number of rotatable bonds is 6. The SMILES string of the molecule is C[Si](C)(C)OC(=O)C1CC1C(=O)N(Cc1ccncc1)[Si](C)(C)C. The van der Waals surface area contributed by atoms with Crippen LogP contribution in [0.5, 0.6) is 0 Å². The summed E-state index contributed by atoms with van der Waals surface area (Å²) in [6.45, 7) is 13.0. The molecule has 1 aromatic rings. The van der Waals surface area contributed by atoms with E-state index in [0.717, 1.165) is 5.56 Å². The summed E-state index contributed by atoms with van der Waals surface area (Å²) < 4.78 is 7.55. The zero-order valence-corrected chi connectivity index (χ0v) is 17.5. The van der Waals surface area contributed by atoms with Gasteiger partial charge < -0.3 is 8.99 Å². The molecular weight excluding hydrogens is 336 g/mol. The lowest BCUT2D eigenvalue weighted by atomic mass is 10.2. The molecule has 0 saturated heterocycles. The Kier molecular flexibility index (Phi) is 5.34. The minimum absolute atomic E-state index is 0.100. The largest absolute Gasteiger partial charge is 0.520 e. The van der Waals surface area contributed by atoms with Crippen molar-refractivity contribution < 1.29 is 14.0 Å². The molecule has 0 N–H and O–H groups in total. The minimum Gasteiger partial charge on any atom is -0.520 e. The lowest BCUT2D eigenvalue weighted by Gasteiger charge is -2.34. The molecule has 1 heterocycles. The van der Waals surface area contributed by atoms with E-state index in [1.54, 1.807) is 12.4 Å². The fourth-order valence-electron chi connectivity index (χ4n) is 2.62. The predicted molar refractivity (Wildman–Crippen MR) is 99.2 cm³/mol. The standard InChI is InChI=1S/C17H28N2O3Si2/c1-23(2,3)19(12-13-7-9-18-10-8-13)16(20)14-11-15(14)17(21)22-24(4,5)6/h7-10,14-15H,11-12H2,1-6H3. The monoisotopic (exact) mass is 364 g/mol. The molecule has 0 spiro atoms. The maximum absolute atomic E-state index is 13.0. The second-order valence-electron chi connectivity index (χ2n) is 8.43. The number of hydrogen-bond donors (Lipinski definition) is 0. The van der Waals surface area contributed by atoms with Gasteiger partial charge in [-0.2, -0.15) is 0 Å². The van der Waals surface area contributed by atoms with Crippen molar-refractivity contribution >= 4 is 28.4 Å². The van der Waals surface area contributed by atoms with Crippen molar-refractivity contribution in [1.29, 1.82) is 0 Å². The summed E-state index contributed by atoms with van der Waals surface area (Å²) in [5, 5.41) is 0. The fourth-order valence-corrected chi connectivity index (χ4v) is 4.86. The zero-order valence-electron chi connectivity index (χ0n) is 15.5. The first-order valence-electron chi connectivity index (χ1n) is 8.42. The number of aromatic nitrogens is 1. The third-order valence-corrected chi connectivity index (χ3v) is 6.79. The van der Waals surface area contributed by atoms with Gasteiger partial charge in [0.2, 0.25) is 14.2 Å². The normalized spacial score (nSPS) is 20.4. The lowest BCUT2D eigenvalue weighted by Crippen LogP contribution is -2.50. The Balaban J connectivity index is 2.06. The number of pyridine rings is 1. The summed E-state index contributed by atoms with van der Waals surface area (Å²) in [4.78, 5) is 29.2. The molecule has 7 heteroatoms. The van der Waals surface area contributed by atoms with E-state index >= 15 is 0 Å². The van der Waals surface area contributed by atoms with Gasteiger partial charge in [-0.15, -0.1) is 0 Å². The Morgan fingerprint density at radius 2 is 1.71 bits per heavy atom. The molecule has 0 bridgehead atoms. The highest BCUT2D eigenvalue weighted by atomic mass is 28.4. The van der Waals surface area contributed by atoms with E-state index < -0.39 is 16.6 Å². The van der Waals surface area contributed by atoms with Crippen molar-refractivity contribution in [2.45, 2.75) is 52.2 Å². The molecule has 24 heavy (non-hydrogen) atoms. The molecule has 2 unspecified atom stereocenters. The Hall–Kier alpha value is -1.48. The third-order valence-electron chi connectivity index (χ3n) is 3.98. The molecule has 2 atom stereocenters. The molecule has 0 radical (unpaired) electrons. The second-order valence-corrected chi connectivity index (χ2v) is 17.7. The summed E-state index contributed by atoms with van der Waals surface area (Å²) in [6.07, 6.45) is 4.11. The molecule has 1 aliphatic rings. The van der Waals surface area contributed by atoms with Gasteiger partial charge in [0, 0.05) is 18.9 Å². The molecule has 1 saturated carbocycles. The molecule has 1 fully saturated rings. The Morgan fingerprint density at radius 1 is 1.12 bits per heavy atom. The van der Waals surface area contributed by atoms with E-state index in [-0.39, 0.29) is 23.7 Å². The minimum atomic E-state index is -1.90. The maximum atomic E-state index is 13.0. The van der Waals surface area contributed by atoms with Gasteiger partial charge in [0.25, 0.3) is 5.97 Å². The van der Waals surface area contributed by atoms with Crippen LogP contribution in [0.4, 0.5) is 0 Å². The quantitative estimate of drug-likeness (QED) is 0.727. The van der Waals surface area contributed by atoms with Crippen LogP contribution >= 0.6 is 0 Å². The van der Waals surface area contributed by atoms with Crippen LogP contribution in [-0.2, 0) is 20.6 Å². The first kappa shape index (κ1) is 18.9. The Labute approximate surface area is 146 Å². The smallest absolute Gasteiger partial charge is 0.296 e. The van der Waals surface area contributed by atoms with Gasteiger partial charge in [0.15, 0.2) is 8.24 Å². The highest BCUT2D eigenvalue weighted by Crippen LogP contribution is 2.42. The highest BCUT2D eigenvalue weighted by molar-refractivity contribution is 6.75. The third kappa shape index (κ3) is 5.01. The predicted octanol–water partition coefficient (Wildman–Crippen LogP) is 3.26. The number of carbonyl (C=O) groups is 2. The van der Waals surface area contributed by atoms with E-state index in [0.29, 0.717) is 13.0 Å². The second kappa shape index (κ2) is 6.80. The van der Waals surface area contributed by atoms with Crippen LogP contribution in [0, 0.1) is 11.8 Å². The van der Waals surface area contributed by atoms with Gasteiger partial charge in [-0.05, 0) is 43.8 Å². The van der Waals surface area contributed by atoms with Crippen LogP contribution in [0.25, 0.3) is 0 Å². The maximum Gasteiger partial charge on any atom is 0.296 e. The summed E-state index contributed by atoms with van der Waals surface area (Å²) >= 11 is 0. The van der Waals surface area contributed by atoms with Gasteiger partial charge in [-0.25, -0.2) is 0 Å². The number of hydrogen-bond acceptors (Lipinski definition) is 4. The van der Waals surface area contributed by atoms with Crippen molar-refractivity contribution in [3.05, 3.63) is 30.1 Å². The van der Waals surface area contributed by atoms with Crippen molar-refractivity contribution in [2.24, 2.45) is 11.8 Å². The van der Waals surface area contributed by atoms with Gasteiger partial charge in [-0.1, -0.05) is 19.6 Å². The van der Waals surface area contributed by atoms with Crippen molar-refractivity contribution in [2.75, 3.05) is 0 Å². The Morgan fingerprint density at radius 3 is 2.21 bits per heavy atom. The van der Waals surface area contributed by atoms with Gasteiger partial charge in [0.05, 0.1) is 11.8 Å². The lowest BCUT2D eigenvalue weighted by molar-refractivity contribution is -0.139. The molecular formula is C17H28N2O3Si2. The van der Waals surface area contributed by atoms with Gasteiger partial charge in [-0.3, -0.25) is 14.6 Å². The van der Waals surface area contributed by atoms with Gasteiger partial charge >= 0.3 is 0 Å². The molecule has 0 aliphatic heterocycles. The van der Waals surface area contributed by atoms with Gasteiger partial charge in [0.1, 0.15) is 0 Å². The van der Waals surface area contributed by atoms with E-state index in [9.17, 15) is 9.59 Å². The van der Waals surface area contributed by atoms with Crippen molar-refractivity contribution in [3.63, 3.8) is 0 Å². The number of amides is 1. The molecule has 5 nitrogen and oxygen atoms in total. The average molecular weight is 365 g/mol. The first-order valence-corrected chi connectivity index (χ1v) is 15.3. The fraction of sp³-hybridized carbons (Fsp3) is 0.588. The number of carbonyl (C=O) groups excluding carboxylic acids is 2. The molecule has 2 rings (SSSR count). The summed E-state index contributed by atoms with van der Waals surface area (Å²) in [5.74, 6) is -0.543. The topological polar surface area (TPSA) is 59.5 Å². The van der Waals surface area contributed by atoms with Crippen LogP contribution in [0.2, 0.25) is 39.3 Å².